The molecule has 4 unspecified atom stereocenters. The van der Waals surface area contributed by atoms with E-state index in [1.807, 2.05) is 20.8 Å². The van der Waals surface area contributed by atoms with E-state index in [1.165, 1.54) is 6.07 Å². The van der Waals surface area contributed by atoms with Crippen LogP contribution < -0.4 is 5.32 Å². The van der Waals surface area contributed by atoms with Crippen molar-refractivity contribution in [3.63, 3.8) is 0 Å². The van der Waals surface area contributed by atoms with Crippen LogP contribution >= 0.6 is 23.4 Å². The lowest BCUT2D eigenvalue weighted by Gasteiger charge is -2.48. The summed E-state index contributed by atoms with van der Waals surface area (Å²) in [6.07, 6.45) is -0.334. The number of phenolic OH excluding ortho intramolecular Hbond substituents is 1. The van der Waals surface area contributed by atoms with Crippen molar-refractivity contribution in [2.75, 3.05) is 0 Å². The van der Waals surface area contributed by atoms with Crippen molar-refractivity contribution < 1.29 is 14.7 Å². The molecule has 2 aromatic rings. The summed E-state index contributed by atoms with van der Waals surface area (Å²) in [5, 5.41) is 27.1. The van der Waals surface area contributed by atoms with Crippen molar-refractivity contribution >= 4 is 35.2 Å². The minimum absolute atomic E-state index is 0.0438. The number of rotatable bonds is 3. The zero-order chi connectivity index (χ0) is 21.4. The monoisotopic (exact) mass is 449 g/mol. The van der Waals surface area contributed by atoms with Gasteiger partial charge in [0.05, 0.1) is 11.2 Å². The largest absolute Gasteiger partial charge is 0.506 e. The molecule has 3 aliphatic heterocycles. The van der Waals surface area contributed by atoms with Crippen LogP contribution in [0.2, 0.25) is 5.02 Å². The highest BCUT2D eigenvalue weighted by Crippen LogP contribution is 2.58. The summed E-state index contributed by atoms with van der Waals surface area (Å²) in [7, 11) is 0. The summed E-state index contributed by atoms with van der Waals surface area (Å²) in [6, 6.07) is 3.16. The molecule has 3 saturated heterocycles. The number of fused-ring (bicyclic) bond motifs is 1. The first kappa shape index (κ1) is 19.6. The molecule has 1 aromatic carbocycles. The third-order valence-electron chi connectivity index (χ3n) is 5.95. The van der Waals surface area contributed by atoms with E-state index in [1.54, 1.807) is 33.7 Å². The van der Waals surface area contributed by atoms with Crippen LogP contribution in [0.4, 0.5) is 0 Å². The lowest BCUT2D eigenvalue weighted by molar-refractivity contribution is -0.162. The third-order valence-corrected chi connectivity index (χ3v) is 7.81. The van der Waals surface area contributed by atoms with Crippen LogP contribution in [-0.4, -0.2) is 69.7 Å². The minimum Gasteiger partial charge on any atom is -0.506 e. The van der Waals surface area contributed by atoms with Crippen molar-refractivity contribution in [3.05, 3.63) is 34.6 Å². The first-order valence-electron chi connectivity index (χ1n) is 9.50. The van der Waals surface area contributed by atoms with Crippen molar-refractivity contribution in [2.24, 2.45) is 0 Å². The van der Waals surface area contributed by atoms with Gasteiger partial charge in [0.15, 0.2) is 5.82 Å². The number of aromatic nitrogens is 4. The number of carbonyl (C=O) groups excluding carboxylic acids is 2. The number of hydrogen-bond donors (Lipinski definition) is 3. The van der Waals surface area contributed by atoms with E-state index >= 15 is 0 Å². The van der Waals surface area contributed by atoms with Gasteiger partial charge in [-0.25, -0.2) is 0 Å². The second-order valence-corrected chi connectivity index (χ2v) is 10.4. The second kappa shape index (κ2) is 6.56. The molecule has 10 nitrogen and oxygen atoms in total. The second-order valence-electron chi connectivity index (χ2n) is 8.21. The molecule has 3 aliphatic rings. The highest BCUT2D eigenvalue weighted by Gasteiger charge is 2.66. The van der Waals surface area contributed by atoms with Crippen LogP contribution in [0.15, 0.2) is 18.2 Å². The van der Waals surface area contributed by atoms with E-state index in [9.17, 15) is 14.7 Å². The molecular weight excluding hydrogens is 430 g/mol. The Morgan fingerprint density at radius 1 is 1.23 bits per heavy atom. The number of aromatic amines is 1. The number of halogens is 1. The number of β-lactam (4-membered cyclic amide) rings is 1. The number of H-pyrrole nitrogens is 1. The molecule has 3 N–H and O–H groups in total. The molecule has 0 spiro atoms. The maximum atomic E-state index is 13.3. The molecule has 30 heavy (non-hydrogen) atoms. The van der Waals surface area contributed by atoms with Crippen LogP contribution in [-0.2, 0) is 9.59 Å². The maximum absolute atomic E-state index is 13.3. The third kappa shape index (κ3) is 2.65. The SMILES string of the molecule is CC1NC(c2ccc(O)c(Cl)c2)C(=O)N1C1C(=O)N2C(c3nn[nH]n3)C(C)(C)S[C@@H]12. The fourth-order valence-electron chi connectivity index (χ4n) is 4.61. The van der Waals surface area contributed by atoms with Crippen LogP contribution in [0.5, 0.6) is 5.75 Å². The van der Waals surface area contributed by atoms with Gasteiger partial charge in [-0.2, -0.15) is 5.21 Å². The number of phenols is 1. The number of thioether (sulfide) groups is 1. The number of hydrogen-bond acceptors (Lipinski definition) is 8. The maximum Gasteiger partial charge on any atom is 0.250 e. The molecule has 2 amide bonds. The predicted octanol–water partition coefficient (Wildman–Crippen LogP) is 1.18. The predicted molar refractivity (Wildman–Crippen MR) is 108 cm³/mol. The number of carbonyl (C=O) groups is 2. The average molecular weight is 450 g/mol. The molecule has 4 heterocycles. The summed E-state index contributed by atoms with van der Waals surface area (Å²) < 4.78 is -0.331. The summed E-state index contributed by atoms with van der Waals surface area (Å²) >= 11 is 7.66. The van der Waals surface area contributed by atoms with Gasteiger partial charge < -0.3 is 14.9 Å². The molecule has 0 saturated carbocycles. The number of nitrogens with zero attached hydrogens (tertiary/aromatic N) is 5. The van der Waals surface area contributed by atoms with E-state index in [0.717, 1.165) is 0 Å². The normalized spacial score (nSPS) is 32.5. The fraction of sp³-hybridized carbons (Fsp3) is 0.500. The summed E-state index contributed by atoms with van der Waals surface area (Å²) in [5.74, 6) is 0.109. The lowest BCUT2D eigenvalue weighted by atomic mass is 9.94. The molecule has 5 atom stereocenters. The van der Waals surface area contributed by atoms with Gasteiger partial charge in [-0.3, -0.25) is 14.9 Å². The number of benzene rings is 1. The Bertz CT molecular complexity index is 1030. The lowest BCUT2D eigenvalue weighted by Crippen LogP contribution is -2.69. The molecule has 5 rings (SSSR count). The zero-order valence-electron chi connectivity index (χ0n) is 16.4. The molecule has 1 aromatic heterocycles. The van der Waals surface area contributed by atoms with E-state index in [-0.39, 0.29) is 44.9 Å². The van der Waals surface area contributed by atoms with Crippen molar-refractivity contribution in [1.29, 1.82) is 0 Å². The van der Waals surface area contributed by atoms with Crippen molar-refractivity contribution in [3.8, 4) is 5.75 Å². The van der Waals surface area contributed by atoms with Crippen molar-refractivity contribution in [1.82, 2.24) is 35.7 Å². The number of aromatic hydroxyl groups is 1. The topological polar surface area (TPSA) is 127 Å². The highest BCUT2D eigenvalue weighted by atomic mass is 35.5. The zero-order valence-corrected chi connectivity index (χ0v) is 18.0. The van der Waals surface area contributed by atoms with Gasteiger partial charge in [0.2, 0.25) is 11.8 Å². The Labute approximate surface area is 181 Å². The Balaban J connectivity index is 1.42. The van der Waals surface area contributed by atoms with Gasteiger partial charge in [-0.05, 0) is 38.5 Å². The number of nitrogens with one attached hydrogen (secondary N) is 2. The van der Waals surface area contributed by atoms with Crippen LogP contribution in [0.25, 0.3) is 0 Å². The average Bonchev–Trinajstić information content (AvgIpc) is 3.36. The van der Waals surface area contributed by atoms with Crippen LogP contribution in [0, 0.1) is 0 Å². The fourth-order valence-corrected chi connectivity index (χ4v) is 6.48. The standard InChI is InChI=1S/C18H20ClN7O3S/c1-7-20-11(8-4-5-10(27)9(19)6-8)15(28)25(7)12-16(29)26-13(14-21-23-24-22-14)18(2,3)30-17(12)26/h4-7,11-13,17,20,27H,1-3H3,(H,21,22,23,24)/t7?,11?,12?,13?,17-/m0/s1. The van der Waals surface area contributed by atoms with E-state index in [2.05, 4.69) is 25.9 Å². The molecule has 0 aliphatic carbocycles. The number of tetrazole rings is 1. The Morgan fingerprint density at radius 3 is 2.67 bits per heavy atom. The summed E-state index contributed by atoms with van der Waals surface area (Å²) in [6.45, 7) is 5.93. The smallest absolute Gasteiger partial charge is 0.250 e. The Morgan fingerprint density at radius 2 is 2.00 bits per heavy atom. The van der Waals surface area contributed by atoms with E-state index in [0.29, 0.717) is 11.4 Å². The first-order valence-corrected chi connectivity index (χ1v) is 10.8. The quantitative estimate of drug-likeness (QED) is 0.596. The van der Waals surface area contributed by atoms with Gasteiger partial charge >= 0.3 is 0 Å². The van der Waals surface area contributed by atoms with Gasteiger partial charge in [-0.15, -0.1) is 22.0 Å². The molecule has 158 valence electrons. The van der Waals surface area contributed by atoms with Gasteiger partial charge in [0, 0.05) is 4.75 Å². The van der Waals surface area contributed by atoms with Crippen LogP contribution in [0.1, 0.15) is 44.2 Å². The Kier molecular flexibility index (Phi) is 4.28. The number of amides is 2. The minimum atomic E-state index is -0.632. The highest BCUT2D eigenvalue weighted by molar-refractivity contribution is 8.01. The summed E-state index contributed by atoms with van der Waals surface area (Å²) in [4.78, 5) is 29.9. The Hall–Kier alpha value is -2.37. The first-order chi connectivity index (χ1) is 14.2. The van der Waals surface area contributed by atoms with Gasteiger partial charge in [-0.1, -0.05) is 22.9 Å². The molecular formula is C18H20ClN7O3S. The van der Waals surface area contributed by atoms with Crippen LogP contribution in [0.3, 0.4) is 0 Å². The van der Waals surface area contributed by atoms with Gasteiger partial charge in [0.25, 0.3) is 0 Å². The van der Waals surface area contributed by atoms with E-state index < -0.39 is 12.1 Å². The molecule has 0 radical (unpaired) electrons. The van der Waals surface area contributed by atoms with Gasteiger partial charge in [0.1, 0.15) is 29.2 Å². The molecule has 3 fully saturated rings. The molecule has 12 heteroatoms. The molecule has 0 bridgehead atoms. The van der Waals surface area contributed by atoms with E-state index in [4.69, 9.17) is 11.6 Å². The summed E-state index contributed by atoms with van der Waals surface area (Å²) in [5.41, 5.74) is 0.643. The van der Waals surface area contributed by atoms with Crippen molar-refractivity contribution in [2.45, 2.75) is 55.2 Å².